The normalized spacial score (nSPS) is 11.7. The van der Waals surface area contributed by atoms with Gasteiger partial charge in [0.15, 0.2) is 0 Å². The average molecular weight is 580 g/mol. The average Bonchev–Trinajstić information content (AvgIpc) is 3.55. The highest BCUT2D eigenvalue weighted by Crippen LogP contribution is 2.33. The molecule has 0 aliphatic heterocycles. The van der Waals surface area contributed by atoms with Gasteiger partial charge in [-0.05, 0) is 75.4 Å². The van der Waals surface area contributed by atoms with E-state index in [0.717, 1.165) is 81.8 Å². The topological polar surface area (TPSA) is 79.4 Å². The minimum atomic E-state index is -0.719. The van der Waals surface area contributed by atoms with Gasteiger partial charge in [0.25, 0.3) is 0 Å². The van der Waals surface area contributed by atoms with E-state index in [1.54, 1.807) is 6.07 Å². The number of nitrogens with zero attached hydrogens (tertiary/aromatic N) is 3. The minimum Gasteiger partial charge on any atom is -0.441 e. The predicted molar refractivity (Wildman–Crippen MR) is 171 cm³/mol. The van der Waals surface area contributed by atoms with Crippen LogP contribution in [0.1, 0.15) is 76.4 Å². The van der Waals surface area contributed by atoms with Crippen LogP contribution in [0.15, 0.2) is 65.1 Å². The Labute approximate surface area is 253 Å². The molecule has 0 spiro atoms. The minimum absolute atomic E-state index is 0.460. The summed E-state index contributed by atoms with van der Waals surface area (Å²) in [5.74, 6) is 3.14. The molecule has 0 atom stereocenters. The van der Waals surface area contributed by atoms with Crippen molar-refractivity contribution in [1.82, 2.24) is 14.5 Å². The maximum atomic E-state index is 12.4. The lowest BCUT2D eigenvalue weighted by molar-refractivity contribution is 0.0207. The van der Waals surface area contributed by atoms with Crippen molar-refractivity contribution in [3.05, 3.63) is 89.1 Å². The second kappa shape index (κ2) is 12.5. The van der Waals surface area contributed by atoms with Crippen LogP contribution in [0.4, 0.5) is 4.79 Å². The van der Waals surface area contributed by atoms with Crippen molar-refractivity contribution < 1.29 is 18.7 Å². The number of fused-ring (bicyclic) bond motifs is 1. The summed E-state index contributed by atoms with van der Waals surface area (Å²) >= 11 is 0. The van der Waals surface area contributed by atoms with Crippen molar-refractivity contribution in [3.8, 4) is 28.3 Å². The number of ether oxygens (including phenoxy) is 2. The Morgan fingerprint density at radius 3 is 2.33 bits per heavy atom. The van der Waals surface area contributed by atoms with E-state index in [-0.39, 0.29) is 0 Å². The van der Waals surface area contributed by atoms with E-state index >= 15 is 0 Å². The number of carbonyl (C=O) groups excluding carboxylic acids is 1. The standard InChI is InChI=1S/C36H41N3O4/c1-8-13-32-38-33-23(4)20-26(34-37-28(9-2)30(10-3)41-34)21-29(33)39(32)22-24-16-18-25(19-17-24)27-14-11-12-15-31(27)42-35(40)43-36(5,6)7/h11-12,14-21H,8-10,13,22H2,1-7H3. The Balaban J connectivity index is 1.47. The molecule has 2 heterocycles. The lowest BCUT2D eigenvalue weighted by Gasteiger charge is -2.19. The number of aromatic nitrogens is 3. The third kappa shape index (κ3) is 6.66. The Morgan fingerprint density at radius 1 is 0.930 bits per heavy atom. The van der Waals surface area contributed by atoms with E-state index in [1.807, 2.05) is 39.0 Å². The molecule has 0 saturated heterocycles. The molecule has 3 aromatic carbocycles. The second-order valence-electron chi connectivity index (χ2n) is 11.9. The maximum Gasteiger partial charge on any atom is 0.514 e. The van der Waals surface area contributed by atoms with Crippen molar-refractivity contribution in [2.75, 3.05) is 0 Å². The molecule has 0 unspecified atom stereocenters. The zero-order valence-corrected chi connectivity index (χ0v) is 26.3. The number of benzene rings is 3. The molecule has 0 N–H and O–H groups in total. The lowest BCUT2D eigenvalue weighted by Crippen LogP contribution is -2.26. The van der Waals surface area contributed by atoms with E-state index in [9.17, 15) is 4.79 Å². The van der Waals surface area contributed by atoms with Gasteiger partial charge in [0.1, 0.15) is 22.9 Å². The van der Waals surface area contributed by atoms with Crippen LogP contribution in [0.5, 0.6) is 5.75 Å². The van der Waals surface area contributed by atoms with Crippen molar-refractivity contribution in [2.24, 2.45) is 0 Å². The molecule has 0 aliphatic carbocycles. The third-order valence-corrected chi connectivity index (χ3v) is 7.35. The maximum absolute atomic E-state index is 12.4. The summed E-state index contributed by atoms with van der Waals surface area (Å²) in [7, 11) is 0. The first-order valence-corrected chi connectivity index (χ1v) is 15.2. The number of imidazole rings is 1. The summed E-state index contributed by atoms with van der Waals surface area (Å²) < 4.78 is 19.4. The van der Waals surface area contributed by atoms with Crippen LogP contribution in [0.3, 0.4) is 0 Å². The van der Waals surface area contributed by atoms with Crippen molar-refractivity contribution in [2.45, 2.75) is 86.3 Å². The highest BCUT2D eigenvalue weighted by molar-refractivity contribution is 5.84. The highest BCUT2D eigenvalue weighted by Gasteiger charge is 2.20. The van der Waals surface area contributed by atoms with Crippen LogP contribution in [0.25, 0.3) is 33.6 Å². The summed E-state index contributed by atoms with van der Waals surface area (Å²) in [6.45, 7) is 14.6. The first kappa shape index (κ1) is 30.1. The number of hydrogen-bond donors (Lipinski definition) is 0. The van der Waals surface area contributed by atoms with Gasteiger partial charge in [0, 0.05) is 30.5 Å². The summed E-state index contributed by atoms with van der Waals surface area (Å²) in [5, 5.41) is 0. The molecule has 0 amide bonds. The molecular weight excluding hydrogens is 538 g/mol. The zero-order chi connectivity index (χ0) is 30.7. The van der Waals surface area contributed by atoms with Crippen LogP contribution >= 0.6 is 0 Å². The van der Waals surface area contributed by atoms with Crippen molar-refractivity contribution >= 4 is 17.2 Å². The summed E-state index contributed by atoms with van der Waals surface area (Å²) in [5.41, 5.74) is 7.47. The zero-order valence-electron chi connectivity index (χ0n) is 26.3. The van der Waals surface area contributed by atoms with E-state index in [1.165, 1.54) is 0 Å². The molecule has 43 heavy (non-hydrogen) atoms. The molecule has 224 valence electrons. The Hall–Kier alpha value is -4.39. The van der Waals surface area contributed by atoms with Gasteiger partial charge >= 0.3 is 6.16 Å². The number of rotatable bonds is 9. The molecule has 0 aliphatic rings. The number of para-hydroxylation sites is 1. The number of carbonyl (C=O) groups is 1. The monoisotopic (exact) mass is 579 g/mol. The molecular formula is C36H41N3O4. The Morgan fingerprint density at radius 2 is 1.67 bits per heavy atom. The van der Waals surface area contributed by atoms with E-state index in [4.69, 9.17) is 23.9 Å². The first-order valence-electron chi connectivity index (χ1n) is 15.2. The Kier molecular flexibility index (Phi) is 8.71. The lowest BCUT2D eigenvalue weighted by atomic mass is 10.0. The van der Waals surface area contributed by atoms with E-state index in [2.05, 4.69) is 68.7 Å². The van der Waals surface area contributed by atoms with Gasteiger partial charge in [-0.2, -0.15) is 0 Å². The van der Waals surface area contributed by atoms with Gasteiger partial charge in [-0.15, -0.1) is 0 Å². The molecule has 0 fully saturated rings. The molecule has 5 aromatic rings. The quantitative estimate of drug-likeness (QED) is 0.128. The van der Waals surface area contributed by atoms with E-state index < -0.39 is 11.8 Å². The molecule has 2 aromatic heterocycles. The van der Waals surface area contributed by atoms with Crippen LogP contribution < -0.4 is 4.74 Å². The SMILES string of the molecule is CCCc1nc2c(C)cc(-c3nc(CC)c(CC)o3)cc2n1Cc1ccc(-c2ccccc2OC(=O)OC(C)(C)C)cc1. The summed E-state index contributed by atoms with van der Waals surface area (Å²) in [4.78, 5) is 22.2. The summed E-state index contributed by atoms with van der Waals surface area (Å²) in [6, 6.07) is 20.2. The Bertz CT molecular complexity index is 1720. The smallest absolute Gasteiger partial charge is 0.441 e. The molecule has 0 bridgehead atoms. The first-order chi connectivity index (χ1) is 20.6. The fourth-order valence-electron chi connectivity index (χ4n) is 5.34. The molecule has 5 rings (SSSR count). The fourth-order valence-corrected chi connectivity index (χ4v) is 5.34. The van der Waals surface area contributed by atoms with Gasteiger partial charge in [0.05, 0.1) is 16.7 Å². The van der Waals surface area contributed by atoms with Gasteiger partial charge in [0.2, 0.25) is 5.89 Å². The largest absolute Gasteiger partial charge is 0.514 e. The van der Waals surface area contributed by atoms with Gasteiger partial charge in [-0.3, -0.25) is 0 Å². The molecule has 7 nitrogen and oxygen atoms in total. The van der Waals surface area contributed by atoms with Crippen LogP contribution in [-0.4, -0.2) is 26.3 Å². The molecule has 7 heteroatoms. The summed E-state index contributed by atoms with van der Waals surface area (Å²) in [6.07, 6.45) is 2.84. The third-order valence-electron chi connectivity index (χ3n) is 7.35. The van der Waals surface area contributed by atoms with Gasteiger partial charge in [-0.1, -0.05) is 63.2 Å². The van der Waals surface area contributed by atoms with Crippen LogP contribution in [-0.2, 0) is 30.5 Å². The molecule has 0 radical (unpaired) electrons. The predicted octanol–water partition coefficient (Wildman–Crippen LogP) is 9.11. The fraction of sp³-hybridized carbons (Fsp3) is 0.361. The van der Waals surface area contributed by atoms with Gasteiger partial charge < -0.3 is 18.5 Å². The van der Waals surface area contributed by atoms with Gasteiger partial charge in [-0.25, -0.2) is 14.8 Å². The van der Waals surface area contributed by atoms with Crippen LogP contribution in [0.2, 0.25) is 0 Å². The highest BCUT2D eigenvalue weighted by atomic mass is 16.7. The van der Waals surface area contributed by atoms with Crippen molar-refractivity contribution in [3.63, 3.8) is 0 Å². The van der Waals surface area contributed by atoms with Crippen molar-refractivity contribution in [1.29, 1.82) is 0 Å². The number of aryl methyl sites for hydroxylation is 4. The number of hydrogen-bond acceptors (Lipinski definition) is 6. The van der Waals surface area contributed by atoms with E-state index in [0.29, 0.717) is 18.2 Å². The molecule has 0 saturated carbocycles. The second-order valence-corrected chi connectivity index (χ2v) is 11.9. The van der Waals surface area contributed by atoms with Crippen LogP contribution in [0, 0.1) is 6.92 Å². The number of oxazole rings is 1.